The summed E-state index contributed by atoms with van der Waals surface area (Å²) in [4.78, 5) is 11.7. The van der Waals surface area contributed by atoms with Crippen LogP contribution in [0.4, 0.5) is 0 Å². The second kappa shape index (κ2) is 4.47. The highest BCUT2D eigenvalue weighted by Gasteiger charge is 2.43. The van der Waals surface area contributed by atoms with Gasteiger partial charge in [0.1, 0.15) is 0 Å². The second-order valence-electron chi connectivity index (χ2n) is 4.39. The van der Waals surface area contributed by atoms with Crippen molar-refractivity contribution >= 4 is 11.6 Å². The molecule has 1 saturated carbocycles. The zero-order chi connectivity index (χ0) is 11.5. The highest BCUT2D eigenvalue weighted by molar-refractivity contribution is 5.85. The lowest BCUT2D eigenvalue weighted by Crippen LogP contribution is -2.20. The molecule has 1 aromatic carbocycles. The fourth-order valence-corrected chi connectivity index (χ4v) is 1.80. The number of rotatable bonds is 3. The van der Waals surface area contributed by atoms with Crippen LogP contribution >= 0.6 is 0 Å². The van der Waals surface area contributed by atoms with E-state index in [1.807, 2.05) is 32.0 Å². The summed E-state index contributed by atoms with van der Waals surface area (Å²) in [5.41, 5.74) is 4.71. The first-order valence-corrected chi connectivity index (χ1v) is 5.54. The molecule has 3 heteroatoms. The molecule has 0 spiro atoms. The molecule has 1 amide bonds. The monoisotopic (exact) mass is 216 g/mol. The molecule has 1 N–H and O–H groups in total. The van der Waals surface area contributed by atoms with Crippen LogP contribution in [0.2, 0.25) is 0 Å². The Kier molecular flexibility index (Phi) is 3.04. The van der Waals surface area contributed by atoms with Crippen LogP contribution in [0.1, 0.15) is 31.7 Å². The predicted octanol–water partition coefficient (Wildman–Crippen LogP) is 2.30. The van der Waals surface area contributed by atoms with Crippen LogP contribution < -0.4 is 5.43 Å². The van der Waals surface area contributed by atoms with Crippen LogP contribution in [-0.2, 0) is 4.79 Å². The van der Waals surface area contributed by atoms with Crippen molar-refractivity contribution in [1.29, 1.82) is 0 Å². The van der Waals surface area contributed by atoms with E-state index in [-0.39, 0.29) is 11.8 Å². The highest BCUT2D eigenvalue weighted by Crippen LogP contribution is 2.47. The normalized spacial score (nSPS) is 22.4. The van der Waals surface area contributed by atoms with E-state index in [9.17, 15) is 4.79 Å². The average molecular weight is 216 g/mol. The van der Waals surface area contributed by atoms with E-state index in [0.717, 1.165) is 12.1 Å². The molecular weight excluding hydrogens is 200 g/mol. The van der Waals surface area contributed by atoms with Crippen LogP contribution in [0.3, 0.4) is 0 Å². The number of carbonyl (C=O) groups is 1. The van der Waals surface area contributed by atoms with Crippen molar-refractivity contribution in [1.82, 2.24) is 5.43 Å². The Labute approximate surface area is 95.6 Å². The number of benzene rings is 1. The van der Waals surface area contributed by atoms with Gasteiger partial charge in [-0.25, -0.2) is 5.43 Å². The van der Waals surface area contributed by atoms with Gasteiger partial charge in [0.05, 0.1) is 0 Å². The van der Waals surface area contributed by atoms with Gasteiger partial charge in [-0.1, -0.05) is 30.3 Å². The van der Waals surface area contributed by atoms with Crippen molar-refractivity contribution < 1.29 is 4.79 Å². The maximum atomic E-state index is 11.7. The third kappa shape index (κ3) is 2.48. The van der Waals surface area contributed by atoms with Gasteiger partial charge in [0, 0.05) is 11.6 Å². The molecule has 16 heavy (non-hydrogen) atoms. The third-order valence-electron chi connectivity index (χ3n) is 2.74. The second-order valence-corrected chi connectivity index (χ2v) is 4.39. The molecule has 1 aromatic rings. The van der Waals surface area contributed by atoms with E-state index in [1.54, 1.807) is 0 Å². The molecule has 0 radical (unpaired) electrons. The molecule has 1 aliphatic rings. The van der Waals surface area contributed by atoms with Crippen LogP contribution in [0.25, 0.3) is 0 Å². The summed E-state index contributed by atoms with van der Waals surface area (Å²) in [6.07, 6.45) is 0.939. The van der Waals surface area contributed by atoms with Gasteiger partial charge in [0.15, 0.2) is 0 Å². The molecule has 2 rings (SSSR count). The van der Waals surface area contributed by atoms with Crippen LogP contribution in [-0.4, -0.2) is 11.6 Å². The lowest BCUT2D eigenvalue weighted by atomic mass is 10.1. The quantitative estimate of drug-likeness (QED) is 0.611. The van der Waals surface area contributed by atoms with Gasteiger partial charge in [-0.15, -0.1) is 0 Å². The summed E-state index contributed by atoms with van der Waals surface area (Å²) >= 11 is 0. The summed E-state index contributed by atoms with van der Waals surface area (Å²) in [5.74, 6) is 0.522. The van der Waals surface area contributed by atoms with E-state index in [2.05, 4.69) is 22.7 Å². The number of hydrogen-bond acceptors (Lipinski definition) is 2. The van der Waals surface area contributed by atoms with E-state index in [0.29, 0.717) is 5.92 Å². The van der Waals surface area contributed by atoms with Gasteiger partial charge in [0.25, 0.3) is 0 Å². The molecular formula is C13H16N2O. The van der Waals surface area contributed by atoms with E-state index >= 15 is 0 Å². The number of hydrazone groups is 1. The largest absolute Gasteiger partial charge is 0.273 e. The number of hydrogen-bond donors (Lipinski definition) is 1. The Morgan fingerprint density at radius 3 is 2.62 bits per heavy atom. The first-order chi connectivity index (χ1) is 7.68. The Balaban J connectivity index is 1.92. The molecule has 84 valence electrons. The Hall–Kier alpha value is -1.64. The van der Waals surface area contributed by atoms with Gasteiger partial charge in [-0.05, 0) is 31.7 Å². The summed E-state index contributed by atoms with van der Waals surface area (Å²) in [6.45, 7) is 3.73. The lowest BCUT2D eigenvalue weighted by molar-refractivity contribution is -0.122. The van der Waals surface area contributed by atoms with E-state index in [4.69, 9.17) is 0 Å². The standard InChI is InChI=1S/C13H16N2O/c1-9(2)14-15-13(16)12-8-11(12)10-6-4-3-5-7-10/h3-7,11-12H,8H2,1-2H3,(H,15,16)/t11-,12-/m0/s1. The minimum atomic E-state index is 0.0371. The topological polar surface area (TPSA) is 41.5 Å². The minimum absolute atomic E-state index is 0.0371. The first kappa shape index (κ1) is 10.9. The fraction of sp³-hybridized carbons (Fsp3) is 0.385. The van der Waals surface area contributed by atoms with Gasteiger partial charge in [0.2, 0.25) is 5.91 Å². The number of nitrogens with one attached hydrogen (secondary N) is 1. The molecule has 0 bridgehead atoms. The van der Waals surface area contributed by atoms with Crippen molar-refractivity contribution in [3.05, 3.63) is 35.9 Å². The number of amides is 1. The molecule has 0 aromatic heterocycles. The van der Waals surface area contributed by atoms with Crippen LogP contribution in [0.15, 0.2) is 35.4 Å². The molecule has 0 unspecified atom stereocenters. The van der Waals surface area contributed by atoms with Gasteiger partial charge < -0.3 is 0 Å². The summed E-state index contributed by atoms with van der Waals surface area (Å²) < 4.78 is 0. The van der Waals surface area contributed by atoms with Crippen molar-refractivity contribution in [3.8, 4) is 0 Å². The van der Waals surface area contributed by atoms with Gasteiger partial charge in [-0.3, -0.25) is 4.79 Å². The smallest absolute Gasteiger partial charge is 0.243 e. The summed E-state index contributed by atoms with van der Waals surface area (Å²) in [6, 6.07) is 10.2. The van der Waals surface area contributed by atoms with E-state index < -0.39 is 0 Å². The maximum absolute atomic E-state index is 11.7. The Morgan fingerprint density at radius 1 is 1.31 bits per heavy atom. The first-order valence-electron chi connectivity index (χ1n) is 5.54. The molecule has 0 aliphatic heterocycles. The Morgan fingerprint density at radius 2 is 2.00 bits per heavy atom. The van der Waals surface area contributed by atoms with Gasteiger partial charge >= 0.3 is 0 Å². The van der Waals surface area contributed by atoms with Gasteiger partial charge in [-0.2, -0.15) is 5.10 Å². The van der Waals surface area contributed by atoms with Crippen LogP contribution in [0.5, 0.6) is 0 Å². The fourth-order valence-electron chi connectivity index (χ4n) is 1.80. The SMILES string of the molecule is CC(C)=NNC(=O)[C@H]1C[C@H]1c1ccccc1. The zero-order valence-corrected chi connectivity index (χ0v) is 9.60. The molecule has 0 heterocycles. The molecule has 3 nitrogen and oxygen atoms in total. The summed E-state index contributed by atoms with van der Waals surface area (Å²) in [7, 11) is 0. The third-order valence-corrected chi connectivity index (χ3v) is 2.74. The van der Waals surface area contributed by atoms with Crippen molar-refractivity contribution in [2.75, 3.05) is 0 Å². The average Bonchev–Trinajstić information content (AvgIpc) is 3.07. The Bertz CT molecular complexity index is 407. The minimum Gasteiger partial charge on any atom is -0.273 e. The predicted molar refractivity (Wildman–Crippen MR) is 64.2 cm³/mol. The molecule has 0 saturated heterocycles. The van der Waals surface area contributed by atoms with E-state index in [1.165, 1.54) is 5.56 Å². The highest BCUT2D eigenvalue weighted by atomic mass is 16.2. The maximum Gasteiger partial charge on any atom is 0.243 e. The summed E-state index contributed by atoms with van der Waals surface area (Å²) in [5, 5.41) is 3.93. The van der Waals surface area contributed by atoms with Crippen LogP contribution in [0, 0.1) is 5.92 Å². The molecule has 1 fully saturated rings. The number of carbonyl (C=O) groups excluding carboxylic acids is 1. The van der Waals surface area contributed by atoms with Crippen molar-refractivity contribution in [3.63, 3.8) is 0 Å². The molecule has 2 atom stereocenters. The zero-order valence-electron chi connectivity index (χ0n) is 9.60. The number of nitrogens with zero attached hydrogens (tertiary/aromatic N) is 1. The molecule has 1 aliphatic carbocycles. The lowest BCUT2D eigenvalue weighted by Gasteiger charge is -2.00. The van der Waals surface area contributed by atoms with Crippen molar-refractivity contribution in [2.24, 2.45) is 11.0 Å². The van der Waals surface area contributed by atoms with Crippen molar-refractivity contribution in [2.45, 2.75) is 26.2 Å².